The Bertz CT molecular complexity index is 1700. The van der Waals surface area contributed by atoms with Crippen LogP contribution in [0.2, 0.25) is 0 Å². The molecule has 5 rings (SSSR count). The monoisotopic (exact) mass is 607 g/mol. The Morgan fingerprint density at radius 3 is 2.60 bits per heavy atom. The number of aliphatic imine (C=N–C) groups is 1. The van der Waals surface area contributed by atoms with Gasteiger partial charge in [0.15, 0.2) is 11.0 Å². The number of alkyl halides is 3. The maximum Gasteiger partial charge on any atom is 0.573 e. The van der Waals surface area contributed by atoms with Crippen molar-refractivity contribution < 1.29 is 27.5 Å². The molecule has 0 atom stereocenters. The summed E-state index contributed by atoms with van der Waals surface area (Å²) in [6.45, 7) is 4.06. The Kier molecular flexibility index (Phi) is 8.57. The molecule has 0 unspecified atom stereocenters. The van der Waals surface area contributed by atoms with Crippen LogP contribution in [0.5, 0.6) is 5.75 Å². The van der Waals surface area contributed by atoms with E-state index < -0.39 is 12.4 Å². The van der Waals surface area contributed by atoms with Gasteiger partial charge in [-0.05, 0) is 53.4 Å². The fourth-order valence-corrected chi connectivity index (χ4v) is 5.07. The van der Waals surface area contributed by atoms with Gasteiger partial charge in [-0.25, -0.2) is 19.9 Å². The number of halogens is 3. The SMILES string of the molecule is CC(C)c1ccccc1N1C(=O)CSC1=NC(=O)N/N=C/c1cccc(-c2ncn(-c3ccc(OC(F)(F)F)cc3)n2)c1. The number of hydrogen-bond donors (Lipinski definition) is 1. The predicted molar refractivity (Wildman–Crippen MR) is 158 cm³/mol. The summed E-state index contributed by atoms with van der Waals surface area (Å²) in [5.74, 6) is 0.212. The van der Waals surface area contributed by atoms with Crippen LogP contribution < -0.4 is 15.1 Å². The van der Waals surface area contributed by atoms with Crippen molar-refractivity contribution in [2.75, 3.05) is 10.7 Å². The van der Waals surface area contributed by atoms with Crippen molar-refractivity contribution in [3.63, 3.8) is 0 Å². The number of ether oxygens (including phenoxy) is 1. The number of urea groups is 1. The fraction of sp³-hybridized carbons (Fsp3) is 0.172. The molecule has 1 aromatic heterocycles. The maximum absolute atomic E-state index is 12.6. The summed E-state index contributed by atoms with van der Waals surface area (Å²) in [5.41, 5.74) is 5.80. The number of nitrogens with zero attached hydrogens (tertiary/aromatic N) is 6. The molecule has 0 saturated carbocycles. The van der Waals surface area contributed by atoms with Gasteiger partial charge in [0.1, 0.15) is 12.1 Å². The van der Waals surface area contributed by atoms with Crippen molar-refractivity contribution in [3.05, 3.63) is 90.3 Å². The number of benzene rings is 3. The van der Waals surface area contributed by atoms with E-state index in [0.717, 1.165) is 5.56 Å². The summed E-state index contributed by atoms with van der Waals surface area (Å²) in [7, 11) is 0. The van der Waals surface area contributed by atoms with E-state index in [4.69, 9.17) is 0 Å². The van der Waals surface area contributed by atoms with Crippen LogP contribution >= 0.6 is 11.8 Å². The first-order valence-corrected chi connectivity index (χ1v) is 13.9. The van der Waals surface area contributed by atoms with E-state index in [0.29, 0.717) is 28.3 Å². The molecule has 0 aliphatic carbocycles. The molecule has 1 fully saturated rings. The number of anilines is 1. The fourth-order valence-electron chi connectivity index (χ4n) is 4.21. The van der Waals surface area contributed by atoms with Crippen molar-refractivity contribution in [2.24, 2.45) is 10.1 Å². The van der Waals surface area contributed by atoms with E-state index in [1.807, 2.05) is 38.1 Å². The molecule has 0 bridgehead atoms. The van der Waals surface area contributed by atoms with Gasteiger partial charge < -0.3 is 4.74 Å². The first-order valence-electron chi connectivity index (χ1n) is 12.9. The minimum absolute atomic E-state index is 0.159. The topological polar surface area (TPSA) is 114 Å². The lowest BCUT2D eigenvalue weighted by Gasteiger charge is -2.21. The molecule has 1 aliphatic rings. The Labute approximate surface area is 248 Å². The van der Waals surface area contributed by atoms with Gasteiger partial charge in [0.05, 0.1) is 23.3 Å². The van der Waals surface area contributed by atoms with E-state index in [9.17, 15) is 22.8 Å². The van der Waals surface area contributed by atoms with Crippen molar-refractivity contribution >= 4 is 40.8 Å². The van der Waals surface area contributed by atoms with Crippen LogP contribution in [0.3, 0.4) is 0 Å². The molecule has 3 amide bonds. The number of amides is 3. The Morgan fingerprint density at radius 2 is 1.86 bits per heavy atom. The second-order valence-corrected chi connectivity index (χ2v) is 10.4. The second-order valence-electron chi connectivity index (χ2n) is 9.48. The summed E-state index contributed by atoms with van der Waals surface area (Å²) < 4.78 is 42.5. The number of amidine groups is 1. The van der Waals surface area contributed by atoms with E-state index in [-0.39, 0.29) is 28.5 Å². The average molecular weight is 608 g/mol. The summed E-state index contributed by atoms with van der Waals surface area (Å²) in [5, 5.41) is 8.65. The summed E-state index contributed by atoms with van der Waals surface area (Å²) in [6, 6.07) is 19.1. The molecule has 0 spiro atoms. The standard InChI is InChI=1S/C29H24F3N7O3S/c1-18(2)23-8-3-4-9-24(23)39-25(40)16-43-28(39)35-27(41)36-34-15-19-6-5-7-20(14-19)26-33-17-38(37-26)21-10-12-22(13-11-21)42-29(30,31)32/h3-15,17-18H,16H2,1-2H3,(H,36,41)/b34-15+,35-28?. The number of nitrogens with one attached hydrogen (secondary N) is 1. The minimum atomic E-state index is -4.77. The smallest absolute Gasteiger partial charge is 0.406 e. The largest absolute Gasteiger partial charge is 0.573 e. The third-order valence-electron chi connectivity index (χ3n) is 6.11. The number of para-hydroxylation sites is 1. The number of rotatable bonds is 7. The molecule has 1 saturated heterocycles. The Balaban J connectivity index is 1.25. The first kappa shape index (κ1) is 29.5. The molecule has 1 aliphatic heterocycles. The predicted octanol–water partition coefficient (Wildman–Crippen LogP) is 6.14. The van der Waals surface area contributed by atoms with Crippen LogP contribution in [0.25, 0.3) is 17.1 Å². The van der Waals surface area contributed by atoms with Gasteiger partial charge in [-0.2, -0.15) is 10.1 Å². The number of hydrazone groups is 1. The normalized spacial score (nSPS) is 14.7. The molecule has 10 nitrogen and oxygen atoms in total. The quantitative estimate of drug-likeness (QED) is 0.200. The molecular formula is C29H24F3N7O3S. The zero-order chi connectivity index (χ0) is 30.6. The van der Waals surface area contributed by atoms with Crippen molar-refractivity contribution in [1.29, 1.82) is 0 Å². The molecule has 43 heavy (non-hydrogen) atoms. The number of carbonyl (C=O) groups is 2. The second kappa shape index (κ2) is 12.5. The molecule has 2 heterocycles. The van der Waals surface area contributed by atoms with Gasteiger partial charge in [-0.15, -0.1) is 18.3 Å². The summed E-state index contributed by atoms with van der Waals surface area (Å²) in [4.78, 5) is 35.0. The zero-order valence-corrected chi connectivity index (χ0v) is 23.6. The Morgan fingerprint density at radius 1 is 1.09 bits per heavy atom. The number of thioether (sulfide) groups is 1. The number of hydrogen-bond acceptors (Lipinski definition) is 7. The highest BCUT2D eigenvalue weighted by Gasteiger charge is 2.32. The van der Waals surface area contributed by atoms with E-state index in [1.54, 1.807) is 24.3 Å². The summed E-state index contributed by atoms with van der Waals surface area (Å²) >= 11 is 1.18. The van der Waals surface area contributed by atoms with Crippen molar-refractivity contribution in [1.82, 2.24) is 20.2 Å². The molecule has 1 N–H and O–H groups in total. The van der Waals surface area contributed by atoms with Gasteiger partial charge in [0.25, 0.3) is 0 Å². The van der Waals surface area contributed by atoms with Crippen molar-refractivity contribution in [3.8, 4) is 22.8 Å². The highest BCUT2D eigenvalue weighted by molar-refractivity contribution is 8.15. The lowest BCUT2D eigenvalue weighted by Crippen LogP contribution is -2.31. The molecular weight excluding hydrogens is 583 g/mol. The van der Waals surface area contributed by atoms with Gasteiger partial charge in [0.2, 0.25) is 5.91 Å². The summed E-state index contributed by atoms with van der Waals surface area (Å²) in [6.07, 6.45) is -1.91. The highest BCUT2D eigenvalue weighted by Crippen LogP contribution is 2.33. The molecule has 14 heteroatoms. The molecule has 4 aromatic rings. The third-order valence-corrected chi connectivity index (χ3v) is 7.03. The van der Waals surface area contributed by atoms with Gasteiger partial charge in [-0.1, -0.05) is 62.0 Å². The lowest BCUT2D eigenvalue weighted by molar-refractivity contribution is -0.274. The van der Waals surface area contributed by atoms with Crippen LogP contribution in [0.1, 0.15) is 30.9 Å². The number of carbonyl (C=O) groups excluding carboxylic acids is 2. The first-order chi connectivity index (χ1) is 20.6. The Hall–Kier alpha value is -4.98. The lowest BCUT2D eigenvalue weighted by atomic mass is 10.0. The van der Waals surface area contributed by atoms with Crippen LogP contribution in [-0.4, -0.2) is 50.2 Å². The zero-order valence-electron chi connectivity index (χ0n) is 22.8. The van der Waals surface area contributed by atoms with Crippen LogP contribution in [-0.2, 0) is 4.79 Å². The van der Waals surface area contributed by atoms with E-state index in [1.165, 1.54) is 58.2 Å². The van der Waals surface area contributed by atoms with E-state index >= 15 is 0 Å². The number of aromatic nitrogens is 3. The van der Waals surface area contributed by atoms with Gasteiger partial charge in [0, 0.05) is 5.56 Å². The molecule has 0 radical (unpaired) electrons. The maximum atomic E-state index is 12.6. The van der Waals surface area contributed by atoms with Crippen molar-refractivity contribution in [2.45, 2.75) is 26.1 Å². The average Bonchev–Trinajstić information content (AvgIpc) is 3.60. The molecule has 3 aromatic carbocycles. The third kappa shape index (κ3) is 7.27. The van der Waals surface area contributed by atoms with E-state index in [2.05, 4.69) is 30.3 Å². The van der Waals surface area contributed by atoms with Crippen LogP contribution in [0.4, 0.5) is 23.7 Å². The minimum Gasteiger partial charge on any atom is -0.406 e. The van der Waals surface area contributed by atoms with Crippen LogP contribution in [0, 0.1) is 0 Å². The van der Waals surface area contributed by atoms with Gasteiger partial charge >= 0.3 is 12.4 Å². The highest BCUT2D eigenvalue weighted by atomic mass is 32.2. The van der Waals surface area contributed by atoms with Gasteiger partial charge in [-0.3, -0.25) is 9.69 Å². The molecule has 220 valence electrons. The van der Waals surface area contributed by atoms with Crippen LogP contribution in [0.15, 0.2) is 89.2 Å².